The standard InChI is InChI=1S/C18H25N3O4S/c1-12-11-16(21-9-7-13(8-10-21)20-26(4,22)23)19-18-15(25-3)6-5-14(24-2)17(12)18/h5-6,11,13,20H,7-10H2,1-4H3. The second kappa shape index (κ2) is 7.28. The number of rotatable bonds is 5. The molecule has 1 aromatic heterocycles. The zero-order chi connectivity index (χ0) is 18.9. The van der Waals surface area contributed by atoms with Crippen LogP contribution in [0.15, 0.2) is 18.2 Å². The van der Waals surface area contributed by atoms with Crippen LogP contribution in [0.25, 0.3) is 10.9 Å². The van der Waals surface area contributed by atoms with Crippen LogP contribution in [0, 0.1) is 6.92 Å². The summed E-state index contributed by atoms with van der Waals surface area (Å²) >= 11 is 0. The Morgan fingerprint density at radius 2 is 1.77 bits per heavy atom. The quantitative estimate of drug-likeness (QED) is 0.857. The summed E-state index contributed by atoms with van der Waals surface area (Å²) in [5, 5.41) is 0.948. The van der Waals surface area contributed by atoms with Crippen LogP contribution in [0.4, 0.5) is 5.82 Å². The van der Waals surface area contributed by atoms with E-state index in [1.807, 2.05) is 19.1 Å². The lowest BCUT2D eigenvalue weighted by molar-refractivity contribution is 0.409. The molecule has 0 aliphatic carbocycles. The molecule has 8 heteroatoms. The highest BCUT2D eigenvalue weighted by Gasteiger charge is 2.23. The number of sulfonamides is 1. The lowest BCUT2D eigenvalue weighted by atomic mass is 10.0. The van der Waals surface area contributed by atoms with Gasteiger partial charge in [-0.3, -0.25) is 0 Å². The van der Waals surface area contributed by atoms with Crippen LogP contribution in [-0.2, 0) is 10.0 Å². The van der Waals surface area contributed by atoms with Gasteiger partial charge in [0.05, 0.1) is 20.5 Å². The van der Waals surface area contributed by atoms with E-state index in [1.54, 1.807) is 14.2 Å². The first-order chi connectivity index (χ1) is 12.3. The highest BCUT2D eigenvalue weighted by molar-refractivity contribution is 7.88. The van der Waals surface area contributed by atoms with Crippen LogP contribution in [0.3, 0.4) is 0 Å². The molecule has 0 saturated carbocycles. The summed E-state index contributed by atoms with van der Waals surface area (Å²) in [7, 11) is 0.107. The van der Waals surface area contributed by atoms with Gasteiger partial charge in [-0.25, -0.2) is 18.1 Å². The van der Waals surface area contributed by atoms with Gasteiger partial charge in [-0.1, -0.05) is 0 Å². The number of fused-ring (bicyclic) bond motifs is 1. The van der Waals surface area contributed by atoms with E-state index in [-0.39, 0.29) is 6.04 Å². The number of aryl methyl sites for hydroxylation is 1. The molecule has 1 saturated heterocycles. The van der Waals surface area contributed by atoms with Gasteiger partial charge in [-0.2, -0.15) is 0 Å². The Kier molecular flexibility index (Phi) is 5.24. The number of ether oxygens (including phenoxy) is 2. The van der Waals surface area contributed by atoms with E-state index in [9.17, 15) is 8.42 Å². The molecule has 0 unspecified atom stereocenters. The molecule has 0 spiro atoms. The van der Waals surface area contributed by atoms with E-state index >= 15 is 0 Å². The highest BCUT2D eigenvalue weighted by Crippen LogP contribution is 2.36. The second-order valence-corrected chi connectivity index (χ2v) is 8.42. The summed E-state index contributed by atoms with van der Waals surface area (Å²) < 4.78 is 36.5. The third-order valence-corrected chi connectivity index (χ3v) is 5.47. The van der Waals surface area contributed by atoms with Crippen molar-refractivity contribution < 1.29 is 17.9 Å². The molecule has 1 aliphatic rings. The maximum absolute atomic E-state index is 11.4. The highest BCUT2D eigenvalue weighted by atomic mass is 32.2. The Balaban J connectivity index is 1.90. The molecule has 2 heterocycles. The van der Waals surface area contributed by atoms with Gasteiger partial charge in [0.2, 0.25) is 10.0 Å². The van der Waals surface area contributed by atoms with Crippen LogP contribution in [0.1, 0.15) is 18.4 Å². The number of hydrogen-bond acceptors (Lipinski definition) is 6. The van der Waals surface area contributed by atoms with E-state index in [4.69, 9.17) is 14.5 Å². The minimum Gasteiger partial charge on any atom is -0.496 e. The monoisotopic (exact) mass is 379 g/mol. The Morgan fingerprint density at radius 3 is 2.35 bits per heavy atom. The second-order valence-electron chi connectivity index (χ2n) is 6.64. The van der Waals surface area contributed by atoms with E-state index < -0.39 is 10.0 Å². The van der Waals surface area contributed by atoms with Crippen LogP contribution in [0.2, 0.25) is 0 Å². The largest absolute Gasteiger partial charge is 0.496 e. The summed E-state index contributed by atoms with van der Waals surface area (Å²) in [6.45, 7) is 3.53. The van der Waals surface area contributed by atoms with Crippen molar-refractivity contribution in [3.05, 3.63) is 23.8 Å². The van der Waals surface area contributed by atoms with Crippen LogP contribution in [-0.4, -0.2) is 53.0 Å². The number of nitrogens with one attached hydrogen (secondary N) is 1. The number of methoxy groups -OCH3 is 2. The summed E-state index contributed by atoms with van der Waals surface area (Å²) in [4.78, 5) is 7.01. The Hall–Kier alpha value is -2.06. The fraction of sp³-hybridized carbons (Fsp3) is 0.500. The summed E-state index contributed by atoms with van der Waals surface area (Å²) in [6.07, 6.45) is 2.70. The van der Waals surface area contributed by atoms with Gasteiger partial charge < -0.3 is 14.4 Å². The summed E-state index contributed by atoms with van der Waals surface area (Å²) in [5.74, 6) is 2.35. The minimum absolute atomic E-state index is 0.0163. The third kappa shape index (κ3) is 3.86. The molecular weight excluding hydrogens is 354 g/mol. The first kappa shape index (κ1) is 18.7. The normalized spacial score (nSPS) is 16.1. The molecule has 1 N–H and O–H groups in total. The number of benzene rings is 1. The first-order valence-corrected chi connectivity index (χ1v) is 10.5. The van der Waals surface area contributed by atoms with Gasteiger partial charge in [0.1, 0.15) is 22.8 Å². The average Bonchev–Trinajstić information content (AvgIpc) is 2.60. The number of piperidine rings is 1. The fourth-order valence-corrected chi connectivity index (χ4v) is 4.33. The van der Waals surface area contributed by atoms with Gasteiger partial charge in [0, 0.05) is 24.5 Å². The summed E-state index contributed by atoms with van der Waals surface area (Å²) in [5.41, 5.74) is 1.84. The maximum atomic E-state index is 11.4. The lowest BCUT2D eigenvalue weighted by Crippen LogP contribution is -2.44. The molecule has 26 heavy (non-hydrogen) atoms. The number of hydrogen-bond donors (Lipinski definition) is 1. The van der Waals surface area contributed by atoms with Crippen LogP contribution < -0.4 is 19.1 Å². The van der Waals surface area contributed by atoms with E-state index in [1.165, 1.54) is 6.26 Å². The fourth-order valence-electron chi connectivity index (χ4n) is 3.48. The molecule has 142 valence electrons. The van der Waals surface area contributed by atoms with Crippen molar-refractivity contribution >= 4 is 26.7 Å². The van der Waals surface area contributed by atoms with Gasteiger partial charge in [0.25, 0.3) is 0 Å². The molecule has 2 aromatic rings. The smallest absolute Gasteiger partial charge is 0.208 e. The van der Waals surface area contributed by atoms with Crippen molar-refractivity contribution in [1.82, 2.24) is 9.71 Å². The third-order valence-electron chi connectivity index (χ3n) is 4.71. The lowest BCUT2D eigenvalue weighted by Gasteiger charge is -2.33. The van der Waals surface area contributed by atoms with Gasteiger partial charge in [-0.05, 0) is 43.5 Å². The van der Waals surface area contributed by atoms with Crippen molar-refractivity contribution in [3.63, 3.8) is 0 Å². The molecular formula is C18H25N3O4S. The Bertz CT molecular complexity index is 906. The topological polar surface area (TPSA) is 80.8 Å². The molecule has 1 aliphatic heterocycles. The van der Waals surface area contributed by atoms with Crippen LogP contribution in [0.5, 0.6) is 11.5 Å². The zero-order valence-corrected chi connectivity index (χ0v) is 16.4. The van der Waals surface area contributed by atoms with Crippen molar-refractivity contribution in [1.29, 1.82) is 0 Å². The molecule has 1 fully saturated rings. The minimum atomic E-state index is -3.17. The van der Waals surface area contributed by atoms with Crippen LogP contribution >= 0.6 is 0 Å². The zero-order valence-electron chi connectivity index (χ0n) is 15.6. The molecule has 0 radical (unpaired) electrons. The molecule has 7 nitrogen and oxygen atoms in total. The predicted octanol–water partition coefficient (Wildman–Crippen LogP) is 2.08. The number of anilines is 1. The van der Waals surface area contributed by atoms with E-state index in [0.29, 0.717) is 5.75 Å². The number of aromatic nitrogens is 1. The number of pyridine rings is 1. The molecule has 0 bridgehead atoms. The van der Waals surface area contributed by atoms with Crippen molar-refractivity contribution in [3.8, 4) is 11.5 Å². The molecule has 0 amide bonds. The Labute approximate surface area is 154 Å². The van der Waals surface area contributed by atoms with Gasteiger partial charge >= 0.3 is 0 Å². The van der Waals surface area contributed by atoms with Crippen molar-refractivity contribution in [2.24, 2.45) is 0 Å². The average molecular weight is 379 g/mol. The van der Waals surface area contributed by atoms with Gasteiger partial charge in [-0.15, -0.1) is 0 Å². The molecule has 3 rings (SSSR count). The first-order valence-electron chi connectivity index (χ1n) is 8.57. The summed E-state index contributed by atoms with van der Waals surface area (Å²) in [6, 6.07) is 5.78. The number of nitrogens with zero attached hydrogens (tertiary/aromatic N) is 2. The molecule has 1 aromatic carbocycles. The molecule has 0 atom stereocenters. The maximum Gasteiger partial charge on any atom is 0.208 e. The predicted molar refractivity (Wildman–Crippen MR) is 103 cm³/mol. The SMILES string of the molecule is COc1ccc(OC)c2c(C)cc(N3CCC(NS(C)(=O)=O)CC3)nc12. The van der Waals surface area contributed by atoms with Crippen molar-refractivity contribution in [2.75, 3.05) is 38.5 Å². The van der Waals surface area contributed by atoms with Gasteiger partial charge in [0.15, 0.2) is 0 Å². The van der Waals surface area contributed by atoms with E-state index in [0.717, 1.165) is 54.0 Å². The Morgan fingerprint density at radius 1 is 1.15 bits per heavy atom. The van der Waals surface area contributed by atoms with E-state index in [2.05, 4.69) is 15.7 Å². The van der Waals surface area contributed by atoms with Crippen molar-refractivity contribution in [2.45, 2.75) is 25.8 Å².